The predicted molar refractivity (Wildman–Crippen MR) is 78.9 cm³/mol. The summed E-state index contributed by atoms with van der Waals surface area (Å²) in [4.78, 5) is 38.4. The lowest BCUT2D eigenvalue weighted by Gasteiger charge is -2.10. The molecule has 0 atom stereocenters. The van der Waals surface area contributed by atoms with Crippen molar-refractivity contribution in [2.45, 2.75) is 6.92 Å². The topological polar surface area (TPSA) is 108 Å². The molecule has 0 unspecified atom stereocenters. The van der Waals surface area contributed by atoms with Gasteiger partial charge in [-0.15, -0.1) is 0 Å². The quantitative estimate of drug-likeness (QED) is 0.821. The van der Waals surface area contributed by atoms with Crippen LogP contribution >= 0.6 is 0 Å². The van der Waals surface area contributed by atoms with Gasteiger partial charge < -0.3 is 20.0 Å². The van der Waals surface area contributed by atoms with E-state index >= 15 is 0 Å². The number of rotatable bonds is 5. The Labute approximate surface area is 131 Å². The number of carboxylic acid groups (broad SMARTS) is 1. The Morgan fingerprint density at radius 2 is 2.00 bits per heavy atom. The van der Waals surface area contributed by atoms with E-state index in [2.05, 4.69) is 10.3 Å². The molecular weight excluding hydrogens is 300 g/mol. The number of amides is 1. The zero-order valence-electron chi connectivity index (χ0n) is 12.2. The third-order valence-electron chi connectivity index (χ3n) is 2.88. The summed E-state index contributed by atoms with van der Waals surface area (Å²) in [5.74, 6) is -2.73. The van der Waals surface area contributed by atoms with Gasteiger partial charge in [0, 0.05) is 11.9 Å². The van der Waals surface area contributed by atoms with E-state index in [1.807, 2.05) is 0 Å². The lowest BCUT2D eigenvalue weighted by molar-refractivity contribution is -0.255. The molecule has 1 aromatic heterocycles. The highest BCUT2D eigenvalue weighted by Gasteiger charge is 2.14. The fourth-order valence-electron chi connectivity index (χ4n) is 1.89. The Kier molecular flexibility index (Phi) is 5.03. The summed E-state index contributed by atoms with van der Waals surface area (Å²) in [6.45, 7) is 1.92. The number of nitrogens with zero attached hydrogens (tertiary/aromatic N) is 1. The number of carboxylic acids is 1. The SMILES string of the molecule is CCOC(=O)c1cccc(NC(=O)c2cccnc2C(=O)[O-])c1. The van der Waals surface area contributed by atoms with Crippen LogP contribution in [0.1, 0.15) is 38.1 Å². The monoisotopic (exact) mass is 313 g/mol. The first-order valence-electron chi connectivity index (χ1n) is 6.77. The van der Waals surface area contributed by atoms with Crippen molar-refractivity contribution in [3.63, 3.8) is 0 Å². The van der Waals surface area contributed by atoms with E-state index in [0.717, 1.165) is 0 Å². The van der Waals surface area contributed by atoms with E-state index in [1.165, 1.54) is 24.4 Å². The van der Waals surface area contributed by atoms with Crippen LogP contribution in [-0.4, -0.2) is 29.4 Å². The van der Waals surface area contributed by atoms with Crippen molar-refractivity contribution in [2.75, 3.05) is 11.9 Å². The number of hydrogen-bond acceptors (Lipinski definition) is 6. The number of ether oxygens (including phenoxy) is 1. The fraction of sp³-hybridized carbons (Fsp3) is 0.125. The molecule has 23 heavy (non-hydrogen) atoms. The molecule has 0 aliphatic heterocycles. The van der Waals surface area contributed by atoms with E-state index in [1.54, 1.807) is 25.1 Å². The maximum absolute atomic E-state index is 12.2. The minimum absolute atomic E-state index is 0.131. The van der Waals surface area contributed by atoms with Crippen molar-refractivity contribution in [3.8, 4) is 0 Å². The molecular formula is C16H13N2O5-. The summed E-state index contributed by atoms with van der Waals surface area (Å²) in [6.07, 6.45) is 1.25. The molecule has 0 saturated carbocycles. The fourth-order valence-corrected chi connectivity index (χ4v) is 1.89. The molecule has 0 aliphatic carbocycles. The summed E-state index contributed by atoms with van der Waals surface area (Å²) in [7, 11) is 0. The van der Waals surface area contributed by atoms with Gasteiger partial charge >= 0.3 is 5.97 Å². The standard InChI is InChI=1S/C16H14N2O5/c1-2-23-16(22)10-5-3-6-11(9-10)18-14(19)12-7-4-8-17-13(12)15(20)21/h3-9H,2H2,1H3,(H,18,19)(H,20,21)/p-1. The van der Waals surface area contributed by atoms with Crippen molar-refractivity contribution in [3.05, 3.63) is 59.4 Å². The van der Waals surface area contributed by atoms with Crippen LogP contribution < -0.4 is 10.4 Å². The Morgan fingerprint density at radius 3 is 2.70 bits per heavy atom. The van der Waals surface area contributed by atoms with E-state index in [-0.39, 0.29) is 17.7 Å². The lowest BCUT2D eigenvalue weighted by atomic mass is 10.1. The van der Waals surface area contributed by atoms with Crippen molar-refractivity contribution in [2.24, 2.45) is 0 Å². The highest BCUT2D eigenvalue weighted by molar-refractivity contribution is 6.09. The van der Waals surface area contributed by atoms with Crippen molar-refractivity contribution >= 4 is 23.5 Å². The van der Waals surface area contributed by atoms with Gasteiger partial charge in [0.2, 0.25) is 0 Å². The number of aromatic nitrogens is 1. The van der Waals surface area contributed by atoms with Crippen LogP contribution in [0, 0.1) is 0 Å². The molecule has 0 saturated heterocycles. The number of esters is 1. The van der Waals surface area contributed by atoms with Crippen LogP contribution in [0.5, 0.6) is 0 Å². The number of carbonyl (C=O) groups excluding carboxylic acids is 3. The second-order valence-electron chi connectivity index (χ2n) is 4.44. The second kappa shape index (κ2) is 7.17. The van der Waals surface area contributed by atoms with Gasteiger partial charge in [-0.3, -0.25) is 9.78 Å². The molecule has 2 aromatic rings. The first-order valence-corrected chi connectivity index (χ1v) is 6.77. The molecule has 118 valence electrons. The van der Waals surface area contributed by atoms with Crippen LogP contribution in [0.4, 0.5) is 5.69 Å². The van der Waals surface area contributed by atoms with E-state index in [4.69, 9.17) is 4.74 Å². The largest absolute Gasteiger partial charge is 0.543 e. The molecule has 7 nitrogen and oxygen atoms in total. The number of anilines is 1. The van der Waals surface area contributed by atoms with Gasteiger partial charge in [-0.25, -0.2) is 4.79 Å². The normalized spacial score (nSPS) is 9.96. The number of aromatic carboxylic acids is 1. The molecule has 1 heterocycles. The minimum atomic E-state index is -1.55. The maximum Gasteiger partial charge on any atom is 0.338 e. The van der Waals surface area contributed by atoms with Gasteiger partial charge in [-0.1, -0.05) is 6.07 Å². The van der Waals surface area contributed by atoms with Crippen LogP contribution in [0.25, 0.3) is 0 Å². The molecule has 0 aliphatic rings. The van der Waals surface area contributed by atoms with Crippen LogP contribution in [0.2, 0.25) is 0 Å². The smallest absolute Gasteiger partial charge is 0.338 e. The van der Waals surface area contributed by atoms with Gasteiger partial charge in [0.05, 0.1) is 29.4 Å². The third kappa shape index (κ3) is 3.91. The first kappa shape index (κ1) is 16.2. The molecule has 1 N–H and O–H groups in total. The maximum atomic E-state index is 12.2. The van der Waals surface area contributed by atoms with Crippen molar-refractivity contribution < 1.29 is 24.2 Å². The number of carbonyl (C=O) groups is 3. The summed E-state index contributed by atoms with van der Waals surface area (Å²) < 4.78 is 4.88. The summed E-state index contributed by atoms with van der Waals surface area (Å²) in [5, 5.41) is 13.5. The summed E-state index contributed by atoms with van der Waals surface area (Å²) in [6, 6.07) is 8.88. The highest BCUT2D eigenvalue weighted by atomic mass is 16.5. The van der Waals surface area contributed by atoms with Crippen molar-refractivity contribution in [1.82, 2.24) is 4.98 Å². The van der Waals surface area contributed by atoms with E-state index < -0.39 is 23.5 Å². The molecule has 7 heteroatoms. The third-order valence-corrected chi connectivity index (χ3v) is 2.88. The van der Waals surface area contributed by atoms with Crippen LogP contribution in [-0.2, 0) is 4.74 Å². The number of benzene rings is 1. The van der Waals surface area contributed by atoms with Gasteiger partial charge in [0.1, 0.15) is 0 Å². The van der Waals surface area contributed by atoms with Gasteiger partial charge in [-0.05, 0) is 37.3 Å². The molecule has 0 radical (unpaired) electrons. The number of hydrogen-bond donors (Lipinski definition) is 1. The molecule has 1 amide bonds. The predicted octanol–water partition coefficient (Wildman–Crippen LogP) is 0.874. The molecule has 0 bridgehead atoms. The van der Waals surface area contributed by atoms with E-state index in [0.29, 0.717) is 5.69 Å². The second-order valence-corrected chi connectivity index (χ2v) is 4.44. The molecule has 2 rings (SSSR count). The average molecular weight is 313 g/mol. The van der Waals surface area contributed by atoms with Crippen molar-refractivity contribution in [1.29, 1.82) is 0 Å². The zero-order chi connectivity index (χ0) is 16.8. The Morgan fingerprint density at radius 1 is 1.22 bits per heavy atom. The highest BCUT2D eigenvalue weighted by Crippen LogP contribution is 2.14. The number of pyridine rings is 1. The zero-order valence-corrected chi connectivity index (χ0v) is 12.2. The Bertz CT molecular complexity index is 758. The van der Waals surface area contributed by atoms with Gasteiger partial charge in [0.15, 0.2) is 0 Å². The molecule has 0 spiro atoms. The minimum Gasteiger partial charge on any atom is -0.543 e. The van der Waals surface area contributed by atoms with E-state index in [9.17, 15) is 19.5 Å². The molecule has 1 aromatic carbocycles. The number of nitrogens with one attached hydrogen (secondary N) is 1. The molecule has 0 fully saturated rings. The summed E-state index contributed by atoms with van der Waals surface area (Å²) in [5.41, 5.74) is 0.0188. The van der Waals surface area contributed by atoms with Gasteiger partial charge in [0.25, 0.3) is 5.91 Å². The van der Waals surface area contributed by atoms with Crippen LogP contribution in [0.3, 0.4) is 0 Å². The Balaban J connectivity index is 2.23. The summed E-state index contributed by atoms with van der Waals surface area (Å²) >= 11 is 0. The lowest BCUT2D eigenvalue weighted by Crippen LogP contribution is -2.27. The first-order chi connectivity index (χ1) is 11.0. The Hall–Kier alpha value is -3.22. The van der Waals surface area contributed by atoms with Crippen LogP contribution in [0.15, 0.2) is 42.6 Å². The van der Waals surface area contributed by atoms with Gasteiger partial charge in [-0.2, -0.15) is 0 Å². The average Bonchev–Trinajstić information content (AvgIpc) is 2.55.